The maximum Gasteiger partial charge on any atom is 0.270 e. The summed E-state index contributed by atoms with van der Waals surface area (Å²) in [7, 11) is 1.57. The summed E-state index contributed by atoms with van der Waals surface area (Å²) >= 11 is 0. The molecule has 20 heavy (non-hydrogen) atoms. The summed E-state index contributed by atoms with van der Waals surface area (Å²) in [6.45, 7) is 6.05. The molecule has 1 aromatic carbocycles. The van der Waals surface area contributed by atoms with Gasteiger partial charge in [-0.3, -0.25) is 9.69 Å². The molecule has 2 rings (SSSR count). The molecule has 2 N–H and O–H groups in total. The summed E-state index contributed by atoms with van der Waals surface area (Å²) in [5.74, 6) is 0.726. The van der Waals surface area contributed by atoms with Crippen LogP contribution in [0.1, 0.15) is 32.4 Å². The molecule has 2 atom stereocenters. The van der Waals surface area contributed by atoms with Crippen LogP contribution >= 0.6 is 0 Å². The zero-order chi connectivity index (χ0) is 14.9. The molecule has 0 saturated carbocycles. The molecule has 5 heteroatoms. The van der Waals surface area contributed by atoms with E-state index < -0.39 is 6.10 Å². The number of hydrogen-bond acceptors (Lipinski definition) is 4. The number of hydrogen-bond donors (Lipinski definition) is 1. The average Bonchev–Trinajstić information content (AvgIpc) is 2.40. The second kappa shape index (κ2) is 5.81. The summed E-state index contributed by atoms with van der Waals surface area (Å²) in [4.78, 5) is 14.1. The summed E-state index contributed by atoms with van der Waals surface area (Å²) in [6, 6.07) is 5.61. The van der Waals surface area contributed by atoms with Gasteiger partial charge < -0.3 is 15.2 Å². The van der Waals surface area contributed by atoms with Gasteiger partial charge in [-0.2, -0.15) is 0 Å². The molecule has 0 fully saturated rings. The number of fused-ring (bicyclic) bond motifs is 1. The first-order valence-corrected chi connectivity index (χ1v) is 6.82. The fraction of sp³-hybridized carbons (Fsp3) is 0.533. The van der Waals surface area contributed by atoms with E-state index in [4.69, 9.17) is 15.2 Å². The first-order valence-electron chi connectivity index (χ1n) is 6.82. The van der Waals surface area contributed by atoms with Crippen LogP contribution in [0.4, 0.5) is 5.69 Å². The first kappa shape index (κ1) is 14.8. The lowest BCUT2D eigenvalue weighted by Crippen LogP contribution is -2.49. The molecular weight excluding hydrogens is 256 g/mol. The topological polar surface area (TPSA) is 64.8 Å². The third-order valence-corrected chi connectivity index (χ3v) is 3.43. The number of rotatable bonds is 4. The molecule has 1 aliphatic rings. The molecule has 0 aromatic heterocycles. The lowest BCUT2D eigenvalue weighted by Gasteiger charge is -2.35. The fourth-order valence-electron chi connectivity index (χ4n) is 2.27. The van der Waals surface area contributed by atoms with Gasteiger partial charge in [0.25, 0.3) is 5.91 Å². The molecule has 1 aromatic rings. The minimum absolute atomic E-state index is 0.0730. The van der Waals surface area contributed by atoms with Gasteiger partial charge in [-0.25, -0.2) is 0 Å². The molecule has 0 radical (unpaired) electrons. The summed E-state index contributed by atoms with van der Waals surface area (Å²) in [5, 5.41) is 0. The number of anilines is 1. The van der Waals surface area contributed by atoms with Crippen molar-refractivity contribution in [2.24, 2.45) is 11.7 Å². The second-order valence-corrected chi connectivity index (χ2v) is 5.48. The largest absolute Gasteiger partial charge is 0.478 e. The van der Waals surface area contributed by atoms with E-state index in [0.29, 0.717) is 5.75 Å². The summed E-state index contributed by atoms with van der Waals surface area (Å²) in [6.07, 6.45) is -0.473. The Morgan fingerprint density at radius 3 is 2.65 bits per heavy atom. The number of methoxy groups -OCH3 is 1. The van der Waals surface area contributed by atoms with Crippen molar-refractivity contribution in [2.45, 2.75) is 32.9 Å². The van der Waals surface area contributed by atoms with Gasteiger partial charge in [-0.1, -0.05) is 19.9 Å². The van der Waals surface area contributed by atoms with Crippen molar-refractivity contribution in [2.75, 3.05) is 18.7 Å². The normalized spacial score (nSPS) is 19.8. The molecule has 1 amide bonds. The average molecular weight is 278 g/mol. The third-order valence-electron chi connectivity index (χ3n) is 3.43. The molecule has 0 aliphatic carbocycles. The van der Waals surface area contributed by atoms with Crippen LogP contribution in [-0.4, -0.2) is 25.9 Å². The van der Waals surface area contributed by atoms with Gasteiger partial charge in [-0.15, -0.1) is 0 Å². The van der Waals surface area contributed by atoms with E-state index in [-0.39, 0.29) is 24.6 Å². The molecule has 0 spiro atoms. The minimum atomic E-state index is -0.473. The van der Waals surface area contributed by atoms with Crippen LogP contribution in [0, 0.1) is 5.92 Å². The van der Waals surface area contributed by atoms with Gasteiger partial charge in [0.2, 0.25) is 0 Å². The van der Waals surface area contributed by atoms with E-state index in [1.54, 1.807) is 12.0 Å². The van der Waals surface area contributed by atoms with Crippen LogP contribution in [0.2, 0.25) is 0 Å². The van der Waals surface area contributed by atoms with E-state index in [9.17, 15) is 4.79 Å². The fourth-order valence-corrected chi connectivity index (χ4v) is 2.27. The van der Waals surface area contributed by atoms with Crippen LogP contribution in [0.5, 0.6) is 5.75 Å². The predicted molar refractivity (Wildman–Crippen MR) is 77.7 cm³/mol. The number of benzene rings is 1. The van der Waals surface area contributed by atoms with Crippen LogP contribution < -0.4 is 15.4 Å². The maximum atomic E-state index is 12.5. The van der Waals surface area contributed by atoms with Crippen molar-refractivity contribution in [1.82, 2.24) is 0 Å². The lowest BCUT2D eigenvalue weighted by atomic mass is 10.0. The van der Waals surface area contributed by atoms with Gasteiger partial charge in [-0.05, 0) is 30.5 Å². The van der Waals surface area contributed by atoms with Crippen LogP contribution in [-0.2, 0) is 9.53 Å². The summed E-state index contributed by atoms with van der Waals surface area (Å²) in [5.41, 5.74) is 7.59. The van der Waals surface area contributed by atoms with Gasteiger partial charge >= 0.3 is 0 Å². The number of amides is 1. The monoisotopic (exact) mass is 278 g/mol. The molecule has 1 aliphatic heterocycles. The standard InChI is InChI=1S/C15H22N2O3/c1-9(2)14-15(18)17(8-19-4)12-7-11(10(3)16)5-6-13(12)20-14/h5-7,9-10,14H,8,16H2,1-4H3. The molecule has 1 heterocycles. The zero-order valence-corrected chi connectivity index (χ0v) is 12.4. The Hall–Kier alpha value is -1.59. The van der Waals surface area contributed by atoms with Crippen molar-refractivity contribution in [1.29, 1.82) is 0 Å². The van der Waals surface area contributed by atoms with Gasteiger partial charge in [0.15, 0.2) is 6.10 Å². The van der Waals surface area contributed by atoms with Gasteiger partial charge in [0.1, 0.15) is 12.5 Å². The van der Waals surface area contributed by atoms with Crippen LogP contribution in [0.15, 0.2) is 18.2 Å². The van der Waals surface area contributed by atoms with Crippen molar-refractivity contribution >= 4 is 11.6 Å². The highest BCUT2D eigenvalue weighted by Gasteiger charge is 2.36. The zero-order valence-electron chi connectivity index (χ0n) is 12.4. The highest BCUT2D eigenvalue weighted by Crippen LogP contribution is 2.37. The smallest absolute Gasteiger partial charge is 0.270 e. The van der Waals surface area contributed by atoms with Gasteiger partial charge in [0, 0.05) is 13.2 Å². The van der Waals surface area contributed by atoms with Crippen molar-refractivity contribution in [3.05, 3.63) is 23.8 Å². The van der Waals surface area contributed by atoms with E-state index in [1.807, 2.05) is 39.0 Å². The maximum absolute atomic E-state index is 12.5. The Balaban J connectivity index is 2.45. The lowest BCUT2D eigenvalue weighted by molar-refractivity contribution is -0.129. The van der Waals surface area contributed by atoms with Crippen LogP contribution in [0.25, 0.3) is 0 Å². The van der Waals surface area contributed by atoms with E-state index in [0.717, 1.165) is 11.3 Å². The quantitative estimate of drug-likeness (QED) is 0.915. The molecule has 0 saturated heterocycles. The molecular formula is C15H22N2O3. The predicted octanol–water partition coefficient (Wildman–Crippen LogP) is 2.06. The molecule has 0 bridgehead atoms. The summed E-state index contributed by atoms with van der Waals surface area (Å²) < 4.78 is 11.0. The number of nitrogens with two attached hydrogens (primary N) is 1. The molecule has 2 unspecified atom stereocenters. The Labute approximate surface area is 119 Å². The minimum Gasteiger partial charge on any atom is -0.478 e. The number of ether oxygens (including phenoxy) is 2. The highest BCUT2D eigenvalue weighted by molar-refractivity contribution is 6.00. The number of carbonyl (C=O) groups excluding carboxylic acids is 1. The highest BCUT2D eigenvalue weighted by atomic mass is 16.5. The van der Waals surface area contributed by atoms with E-state index in [2.05, 4.69) is 0 Å². The van der Waals surface area contributed by atoms with Crippen LogP contribution in [0.3, 0.4) is 0 Å². The number of nitrogens with zero attached hydrogens (tertiary/aromatic N) is 1. The van der Waals surface area contributed by atoms with Crippen molar-refractivity contribution < 1.29 is 14.3 Å². The Morgan fingerprint density at radius 2 is 2.10 bits per heavy atom. The van der Waals surface area contributed by atoms with Gasteiger partial charge in [0.05, 0.1) is 5.69 Å². The molecule has 110 valence electrons. The molecule has 5 nitrogen and oxygen atoms in total. The Morgan fingerprint density at radius 1 is 1.40 bits per heavy atom. The SMILES string of the molecule is COCN1C(=O)C(C(C)C)Oc2ccc(C(C)N)cc21. The second-order valence-electron chi connectivity index (χ2n) is 5.48. The number of carbonyl (C=O) groups is 1. The van der Waals surface area contributed by atoms with E-state index >= 15 is 0 Å². The van der Waals surface area contributed by atoms with Crippen molar-refractivity contribution in [3.8, 4) is 5.75 Å². The van der Waals surface area contributed by atoms with E-state index in [1.165, 1.54) is 0 Å². The first-order chi connectivity index (χ1) is 9.45. The third kappa shape index (κ3) is 2.64. The Bertz CT molecular complexity index is 500. The Kier molecular flexibility index (Phi) is 4.30. The van der Waals surface area contributed by atoms with Crippen molar-refractivity contribution in [3.63, 3.8) is 0 Å².